The maximum absolute atomic E-state index is 13.0. The molecule has 1 unspecified atom stereocenters. The van der Waals surface area contributed by atoms with Crippen LogP contribution in [0.4, 0.5) is 0 Å². The highest BCUT2D eigenvalue weighted by Gasteiger charge is 2.46. The zero-order chi connectivity index (χ0) is 22.4. The van der Waals surface area contributed by atoms with Gasteiger partial charge in [-0.15, -0.1) is 0 Å². The summed E-state index contributed by atoms with van der Waals surface area (Å²) in [6.07, 6.45) is 2.33. The number of carbonyl (C=O) groups is 2. The number of rotatable bonds is 9. The Hall–Kier alpha value is -3.19. The van der Waals surface area contributed by atoms with Gasteiger partial charge in [0.1, 0.15) is 17.6 Å². The number of aliphatic hydroxyl groups excluding tert-OH is 1. The van der Waals surface area contributed by atoms with Crippen LogP contribution in [0.3, 0.4) is 0 Å². The number of ether oxygens (including phenoxy) is 1. The first kappa shape index (κ1) is 22.5. The summed E-state index contributed by atoms with van der Waals surface area (Å²) in [5.41, 5.74) is 0.948. The van der Waals surface area contributed by atoms with Crippen molar-refractivity contribution in [2.45, 2.75) is 26.3 Å². The molecule has 0 radical (unpaired) electrons. The second-order valence-corrected chi connectivity index (χ2v) is 7.33. The van der Waals surface area contributed by atoms with Crippen LogP contribution in [0.1, 0.15) is 37.6 Å². The largest absolute Gasteiger partial charge is 0.507 e. The Balaban J connectivity index is 2.03. The van der Waals surface area contributed by atoms with Gasteiger partial charge in [-0.2, -0.15) is 0 Å². The Morgan fingerprint density at radius 3 is 2.48 bits per heavy atom. The predicted molar refractivity (Wildman–Crippen MR) is 119 cm³/mol. The van der Waals surface area contributed by atoms with Crippen molar-refractivity contribution in [3.63, 3.8) is 0 Å². The number of amides is 1. The van der Waals surface area contributed by atoms with Gasteiger partial charge >= 0.3 is 0 Å². The lowest BCUT2D eigenvalue weighted by atomic mass is 9.98. The molecule has 1 saturated heterocycles. The highest BCUT2D eigenvalue weighted by molar-refractivity contribution is 6.46. The maximum atomic E-state index is 13.0. The van der Waals surface area contributed by atoms with Crippen molar-refractivity contribution in [1.29, 1.82) is 0 Å². The van der Waals surface area contributed by atoms with Crippen LogP contribution in [-0.4, -0.2) is 64.9 Å². The number of nitrogens with zero attached hydrogens (tertiary/aromatic N) is 3. The fourth-order valence-electron chi connectivity index (χ4n) is 3.95. The summed E-state index contributed by atoms with van der Waals surface area (Å²) >= 11 is 0. The zero-order valence-corrected chi connectivity index (χ0v) is 18.2. The molecule has 3 rings (SSSR count). The van der Waals surface area contributed by atoms with E-state index in [4.69, 9.17) is 4.74 Å². The smallest absolute Gasteiger partial charge is 0.295 e. The molecular weight excluding hydrogens is 394 g/mol. The highest BCUT2D eigenvalue weighted by Crippen LogP contribution is 2.40. The molecule has 1 aromatic carbocycles. The van der Waals surface area contributed by atoms with E-state index in [0.29, 0.717) is 30.0 Å². The minimum Gasteiger partial charge on any atom is -0.507 e. The quantitative estimate of drug-likeness (QED) is 0.379. The summed E-state index contributed by atoms with van der Waals surface area (Å²) in [7, 11) is 1.49. The third-order valence-corrected chi connectivity index (χ3v) is 5.64. The van der Waals surface area contributed by atoms with Gasteiger partial charge in [0, 0.05) is 12.7 Å². The van der Waals surface area contributed by atoms with Gasteiger partial charge < -0.3 is 19.6 Å². The van der Waals surface area contributed by atoms with E-state index in [1.165, 1.54) is 12.0 Å². The second kappa shape index (κ2) is 10.2. The molecule has 0 aliphatic carbocycles. The Labute approximate surface area is 183 Å². The van der Waals surface area contributed by atoms with Crippen molar-refractivity contribution in [3.8, 4) is 5.75 Å². The fourth-order valence-corrected chi connectivity index (χ4v) is 3.95. The monoisotopic (exact) mass is 423 g/mol. The number of aromatic nitrogens is 1. The SMILES string of the molecule is CCN(CC)CCCN1C(=O)C(=O)/C(=C(/O)c2ccccc2OC)C1c1ccccn1. The molecule has 7 nitrogen and oxygen atoms in total. The van der Waals surface area contributed by atoms with E-state index >= 15 is 0 Å². The van der Waals surface area contributed by atoms with Gasteiger partial charge in [-0.25, -0.2) is 0 Å². The number of benzene rings is 1. The summed E-state index contributed by atoms with van der Waals surface area (Å²) in [6.45, 7) is 7.25. The van der Waals surface area contributed by atoms with Gasteiger partial charge in [0.25, 0.3) is 11.7 Å². The Bertz CT molecular complexity index is 954. The van der Waals surface area contributed by atoms with Crippen LogP contribution < -0.4 is 4.74 Å². The predicted octanol–water partition coefficient (Wildman–Crippen LogP) is 3.24. The molecule has 0 saturated carbocycles. The lowest BCUT2D eigenvalue weighted by Crippen LogP contribution is -2.33. The van der Waals surface area contributed by atoms with Gasteiger partial charge in [0.05, 0.1) is 23.9 Å². The number of likely N-dealkylation sites (tertiary alicyclic amines) is 1. The third kappa shape index (κ3) is 4.61. The molecule has 164 valence electrons. The van der Waals surface area contributed by atoms with E-state index in [2.05, 4.69) is 23.7 Å². The number of aliphatic hydroxyl groups is 1. The van der Waals surface area contributed by atoms with Gasteiger partial charge in [0.2, 0.25) is 0 Å². The van der Waals surface area contributed by atoms with Crippen LogP contribution in [0, 0.1) is 0 Å². The molecule has 1 aliphatic rings. The van der Waals surface area contributed by atoms with Crippen LogP contribution in [0.2, 0.25) is 0 Å². The summed E-state index contributed by atoms with van der Waals surface area (Å²) in [5.74, 6) is -1.15. The number of carbonyl (C=O) groups excluding carboxylic acids is 2. The number of pyridine rings is 1. The van der Waals surface area contributed by atoms with Gasteiger partial charge in [0.15, 0.2) is 0 Å². The highest BCUT2D eigenvalue weighted by atomic mass is 16.5. The second-order valence-electron chi connectivity index (χ2n) is 7.33. The van der Waals surface area contributed by atoms with Crippen molar-refractivity contribution in [2.75, 3.05) is 33.3 Å². The number of para-hydroxylation sites is 1. The van der Waals surface area contributed by atoms with Crippen LogP contribution >= 0.6 is 0 Å². The minimum atomic E-state index is -0.747. The number of Topliss-reactive ketones (excluding diaryl/α,β-unsaturated/α-hetero) is 1. The first-order valence-corrected chi connectivity index (χ1v) is 10.6. The molecule has 1 N–H and O–H groups in total. The molecule has 0 spiro atoms. The number of methoxy groups -OCH3 is 1. The van der Waals surface area contributed by atoms with Crippen molar-refractivity contribution in [3.05, 3.63) is 65.5 Å². The van der Waals surface area contributed by atoms with Gasteiger partial charge in [-0.1, -0.05) is 32.0 Å². The molecular formula is C24H29N3O4. The molecule has 1 aliphatic heterocycles. The van der Waals surface area contributed by atoms with E-state index in [-0.39, 0.29) is 11.3 Å². The van der Waals surface area contributed by atoms with Crippen LogP contribution in [0.25, 0.3) is 5.76 Å². The first-order chi connectivity index (χ1) is 15.0. The lowest BCUT2D eigenvalue weighted by Gasteiger charge is -2.26. The maximum Gasteiger partial charge on any atom is 0.295 e. The molecule has 1 aromatic heterocycles. The summed E-state index contributed by atoms with van der Waals surface area (Å²) in [6, 6.07) is 11.5. The van der Waals surface area contributed by atoms with Crippen LogP contribution in [-0.2, 0) is 9.59 Å². The van der Waals surface area contributed by atoms with E-state index in [1.54, 1.807) is 48.7 Å². The summed E-state index contributed by atoms with van der Waals surface area (Å²) in [5, 5.41) is 11.1. The van der Waals surface area contributed by atoms with Crippen molar-refractivity contribution >= 4 is 17.4 Å². The van der Waals surface area contributed by atoms with Gasteiger partial charge in [-0.3, -0.25) is 14.6 Å². The normalized spacial score (nSPS) is 18.1. The zero-order valence-electron chi connectivity index (χ0n) is 18.2. The van der Waals surface area contributed by atoms with E-state index in [1.807, 2.05) is 0 Å². The molecule has 1 fully saturated rings. The topological polar surface area (TPSA) is 83.0 Å². The van der Waals surface area contributed by atoms with Crippen LogP contribution in [0.5, 0.6) is 5.75 Å². The van der Waals surface area contributed by atoms with Crippen molar-refractivity contribution in [2.24, 2.45) is 0 Å². The first-order valence-electron chi connectivity index (χ1n) is 10.6. The number of hydrogen-bond donors (Lipinski definition) is 1. The Morgan fingerprint density at radius 2 is 1.84 bits per heavy atom. The molecule has 7 heteroatoms. The van der Waals surface area contributed by atoms with Crippen molar-refractivity contribution < 1.29 is 19.4 Å². The molecule has 1 atom stereocenters. The van der Waals surface area contributed by atoms with E-state index < -0.39 is 17.7 Å². The average Bonchev–Trinajstić information content (AvgIpc) is 3.06. The van der Waals surface area contributed by atoms with Crippen LogP contribution in [0.15, 0.2) is 54.2 Å². The molecule has 0 bridgehead atoms. The average molecular weight is 424 g/mol. The molecule has 2 heterocycles. The Morgan fingerprint density at radius 1 is 1.13 bits per heavy atom. The molecule has 1 amide bonds. The number of ketones is 1. The fraction of sp³-hybridized carbons (Fsp3) is 0.375. The number of hydrogen-bond acceptors (Lipinski definition) is 6. The van der Waals surface area contributed by atoms with E-state index in [0.717, 1.165) is 19.6 Å². The van der Waals surface area contributed by atoms with E-state index in [9.17, 15) is 14.7 Å². The summed E-state index contributed by atoms with van der Waals surface area (Å²) < 4.78 is 5.35. The lowest BCUT2D eigenvalue weighted by molar-refractivity contribution is -0.140. The Kier molecular flexibility index (Phi) is 7.41. The van der Waals surface area contributed by atoms with Crippen molar-refractivity contribution in [1.82, 2.24) is 14.8 Å². The summed E-state index contributed by atoms with van der Waals surface area (Å²) in [4.78, 5) is 34.2. The standard InChI is InChI=1S/C24H29N3O4/c1-4-26(5-2)15-10-16-27-21(18-12-8-9-14-25-18)20(23(29)24(27)30)22(28)17-11-6-7-13-19(17)31-3/h6-9,11-14,21,28H,4-5,10,15-16H2,1-3H3/b22-20+. The minimum absolute atomic E-state index is 0.0380. The van der Waals surface area contributed by atoms with Gasteiger partial charge in [-0.05, 0) is 50.3 Å². The third-order valence-electron chi connectivity index (χ3n) is 5.64. The molecule has 2 aromatic rings. The molecule has 31 heavy (non-hydrogen) atoms.